The zero-order chi connectivity index (χ0) is 11.1. The molecule has 2 nitrogen and oxygen atoms in total. The van der Waals surface area contributed by atoms with Gasteiger partial charge in [0.1, 0.15) is 18.4 Å². The molecule has 0 amide bonds. The third kappa shape index (κ3) is 4.24. The molecule has 1 N–H and O–H groups in total. The van der Waals surface area contributed by atoms with E-state index in [9.17, 15) is 0 Å². The summed E-state index contributed by atoms with van der Waals surface area (Å²) in [7, 11) is 0. The second kappa shape index (κ2) is 6.34. The second-order valence-electron chi connectivity index (χ2n) is 3.04. The Morgan fingerprint density at radius 2 is 2.13 bits per heavy atom. The summed E-state index contributed by atoms with van der Waals surface area (Å²) < 4.78 is 5.50. The fourth-order valence-electron chi connectivity index (χ4n) is 1.12. The van der Waals surface area contributed by atoms with Gasteiger partial charge in [0.25, 0.3) is 0 Å². The molecule has 1 atom stereocenters. The van der Waals surface area contributed by atoms with Gasteiger partial charge < -0.3 is 10.1 Å². The molecule has 0 bridgehead atoms. The molecular formula is C12H14ClNO. The quantitative estimate of drug-likeness (QED) is 0.774. The van der Waals surface area contributed by atoms with Crippen molar-refractivity contribution in [2.75, 3.05) is 13.2 Å². The first-order chi connectivity index (χ1) is 7.26. The molecule has 1 aromatic carbocycles. The molecule has 3 heteroatoms. The van der Waals surface area contributed by atoms with E-state index in [4.69, 9.17) is 22.8 Å². The molecule has 0 aromatic heterocycles. The maximum atomic E-state index is 5.75. The van der Waals surface area contributed by atoms with Crippen molar-refractivity contribution in [2.24, 2.45) is 0 Å². The molecular weight excluding hydrogens is 210 g/mol. The van der Waals surface area contributed by atoms with Crippen LogP contribution in [-0.2, 0) is 0 Å². The molecule has 0 fully saturated rings. The molecule has 1 rings (SSSR count). The van der Waals surface area contributed by atoms with E-state index < -0.39 is 0 Å². The number of hydrogen-bond donors (Lipinski definition) is 1. The van der Waals surface area contributed by atoms with Gasteiger partial charge in [-0.05, 0) is 30.8 Å². The first-order valence-electron chi connectivity index (χ1n) is 4.84. The van der Waals surface area contributed by atoms with E-state index in [2.05, 4.69) is 11.2 Å². The third-order valence-corrected chi connectivity index (χ3v) is 2.13. The van der Waals surface area contributed by atoms with Crippen LogP contribution in [0.4, 0.5) is 0 Å². The molecule has 0 aliphatic heterocycles. The van der Waals surface area contributed by atoms with Gasteiger partial charge in [-0.15, -0.1) is 6.42 Å². The summed E-state index contributed by atoms with van der Waals surface area (Å²) >= 11 is 5.75. The SMILES string of the molecule is C#CC(COc1ccc(Cl)cc1)NCC. The van der Waals surface area contributed by atoms with Gasteiger partial charge in [0, 0.05) is 5.02 Å². The summed E-state index contributed by atoms with van der Waals surface area (Å²) in [6.45, 7) is 3.30. The van der Waals surface area contributed by atoms with E-state index in [0.29, 0.717) is 11.6 Å². The minimum Gasteiger partial charge on any atom is -0.491 e. The van der Waals surface area contributed by atoms with E-state index in [1.807, 2.05) is 19.1 Å². The van der Waals surface area contributed by atoms with Crippen molar-refractivity contribution >= 4 is 11.6 Å². The van der Waals surface area contributed by atoms with Crippen LogP contribution in [0.25, 0.3) is 0 Å². The molecule has 0 aliphatic rings. The van der Waals surface area contributed by atoms with Gasteiger partial charge in [-0.3, -0.25) is 0 Å². The van der Waals surface area contributed by atoms with Gasteiger partial charge in [-0.1, -0.05) is 24.4 Å². The van der Waals surface area contributed by atoms with Gasteiger partial charge in [0.05, 0.1) is 0 Å². The lowest BCUT2D eigenvalue weighted by molar-refractivity contribution is 0.292. The largest absolute Gasteiger partial charge is 0.491 e. The van der Waals surface area contributed by atoms with E-state index >= 15 is 0 Å². The number of likely N-dealkylation sites (N-methyl/N-ethyl adjacent to an activating group) is 1. The van der Waals surface area contributed by atoms with Crippen LogP contribution in [0.15, 0.2) is 24.3 Å². The van der Waals surface area contributed by atoms with Gasteiger partial charge in [-0.25, -0.2) is 0 Å². The van der Waals surface area contributed by atoms with E-state index in [1.54, 1.807) is 12.1 Å². The van der Waals surface area contributed by atoms with Crippen LogP contribution < -0.4 is 10.1 Å². The van der Waals surface area contributed by atoms with Gasteiger partial charge in [-0.2, -0.15) is 0 Å². The zero-order valence-electron chi connectivity index (χ0n) is 8.66. The third-order valence-electron chi connectivity index (χ3n) is 1.88. The van der Waals surface area contributed by atoms with Gasteiger partial charge in [0.15, 0.2) is 0 Å². The average Bonchev–Trinajstić information content (AvgIpc) is 2.26. The predicted octanol–water partition coefficient (Wildman–Crippen LogP) is 2.33. The first-order valence-corrected chi connectivity index (χ1v) is 5.22. The van der Waals surface area contributed by atoms with Crippen LogP contribution in [-0.4, -0.2) is 19.2 Å². The predicted molar refractivity (Wildman–Crippen MR) is 63.2 cm³/mol. The lowest BCUT2D eigenvalue weighted by Crippen LogP contribution is -2.32. The molecule has 0 saturated carbocycles. The number of ether oxygens (including phenoxy) is 1. The Balaban J connectivity index is 2.42. The highest BCUT2D eigenvalue weighted by Gasteiger charge is 2.03. The average molecular weight is 224 g/mol. The number of rotatable bonds is 5. The summed E-state index contributed by atoms with van der Waals surface area (Å²) in [5.74, 6) is 3.40. The van der Waals surface area contributed by atoms with Crippen molar-refractivity contribution in [1.29, 1.82) is 0 Å². The molecule has 0 saturated heterocycles. The van der Waals surface area contributed by atoms with Crippen LogP contribution >= 0.6 is 11.6 Å². The molecule has 80 valence electrons. The smallest absolute Gasteiger partial charge is 0.119 e. The summed E-state index contributed by atoms with van der Waals surface area (Å²) in [5, 5.41) is 3.82. The minimum atomic E-state index is -0.0503. The van der Waals surface area contributed by atoms with Crippen LogP contribution in [0.2, 0.25) is 5.02 Å². The maximum Gasteiger partial charge on any atom is 0.119 e. The van der Waals surface area contributed by atoms with Crippen molar-refractivity contribution in [3.05, 3.63) is 29.3 Å². The molecule has 15 heavy (non-hydrogen) atoms. The lowest BCUT2D eigenvalue weighted by atomic mass is 10.3. The number of hydrogen-bond acceptors (Lipinski definition) is 2. The molecule has 1 unspecified atom stereocenters. The topological polar surface area (TPSA) is 21.3 Å². The summed E-state index contributed by atoms with van der Waals surface area (Å²) in [5.41, 5.74) is 0. The number of benzene rings is 1. The maximum absolute atomic E-state index is 5.75. The number of halogens is 1. The minimum absolute atomic E-state index is 0.0503. The highest BCUT2D eigenvalue weighted by atomic mass is 35.5. The Morgan fingerprint density at radius 3 is 2.67 bits per heavy atom. The highest BCUT2D eigenvalue weighted by molar-refractivity contribution is 6.30. The molecule has 0 spiro atoms. The van der Waals surface area contributed by atoms with Gasteiger partial charge in [0.2, 0.25) is 0 Å². The molecule has 0 heterocycles. The Morgan fingerprint density at radius 1 is 1.47 bits per heavy atom. The summed E-state index contributed by atoms with van der Waals surface area (Å²) in [6.07, 6.45) is 5.33. The van der Waals surface area contributed by atoms with E-state index in [0.717, 1.165) is 12.3 Å². The Bertz CT molecular complexity index is 328. The first kappa shape index (κ1) is 11.9. The van der Waals surface area contributed by atoms with Crippen molar-refractivity contribution in [1.82, 2.24) is 5.32 Å². The number of terminal acetylenes is 1. The fraction of sp³-hybridized carbons (Fsp3) is 0.333. The lowest BCUT2D eigenvalue weighted by Gasteiger charge is -2.12. The Labute approximate surface area is 95.6 Å². The van der Waals surface area contributed by atoms with Crippen molar-refractivity contribution in [3.8, 4) is 18.1 Å². The Kier molecular flexibility index (Phi) is 5.03. The van der Waals surface area contributed by atoms with E-state index in [-0.39, 0.29) is 6.04 Å². The van der Waals surface area contributed by atoms with Crippen LogP contribution in [0.1, 0.15) is 6.92 Å². The standard InChI is InChI=1S/C12H14ClNO/c1-3-11(14-4-2)9-15-12-7-5-10(13)6-8-12/h1,5-8,11,14H,4,9H2,2H3. The van der Waals surface area contributed by atoms with Crippen molar-refractivity contribution in [2.45, 2.75) is 13.0 Å². The fourth-order valence-corrected chi connectivity index (χ4v) is 1.25. The van der Waals surface area contributed by atoms with Crippen molar-refractivity contribution < 1.29 is 4.74 Å². The molecule has 0 aliphatic carbocycles. The molecule has 0 radical (unpaired) electrons. The van der Waals surface area contributed by atoms with Crippen LogP contribution in [0.5, 0.6) is 5.75 Å². The highest BCUT2D eigenvalue weighted by Crippen LogP contribution is 2.15. The molecule has 1 aromatic rings. The van der Waals surface area contributed by atoms with Gasteiger partial charge >= 0.3 is 0 Å². The van der Waals surface area contributed by atoms with E-state index in [1.165, 1.54) is 0 Å². The summed E-state index contributed by atoms with van der Waals surface area (Å²) in [6, 6.07) is 7.17. The normalized spacial score (nSPS) is 11.8. The van der Waals surface area contributed by atoms with Crippen LogP contribution in [0, 0.1) is 12.3 Å². The Hall–Kier alpha value is -1.17. The monoisotopic (exact) mass is 223 g/mol. The zero-order valence-corrected chi connectivity index (χ0v) is 9.42. The summed E-state index contributed by atoms with van der Waals surface area (Å²) in [4.78, 5) is 0. The van der Waals surface area contributed by atoms with Crippen LogP contribution in [0.3, 0.4) is 0 Å². The second-order valence-corrected chi connectivity index (χ2v) is 3.48. The number of nitrogens with one attached hydrogen (secondary N) is 1. The van der Waals surface area contributed by atoms with Crippen molar-refractivity contribution in [3.63, 3.8) is 0 Å².